The Kier molecular flexibility index (Phi) is 7.10. The lowest BCUT2D eigenvalue weighted by Crippen LogP contribution is -2.49. The molecule has 31 heavy (non-hydrogen) atoms. The molecule has 6 nitrogen and oxygen atoms in total. The summed E-state index contributed by atoms with van der Waals surface area (Å²) in [5.74, 6) is 2.15. The molecule has 2 heterocycles. The zero-order valence-corrected chi connectivity index (χ0v) is 18.5. The minimum absolute atomic E-state index is 0.00967. The second-order valence-electron chi connectivity index (χ2n) is 8.39. The zero-order chi connectivity index (χ0) is 21.6. The highest BCUT2D eigenvalue weighted by Crippen LogP contribution is 2.33. The Balaban J connectivity index is 1.55. The van der Waals surface area contributed by atoms with Gasteiger partial charge in [0.05, 0.1) is 33.4 Å². The summed E-state index contributed by atoms with van der Waals surface area (Å²) in [6.45, 7) is 5.10. The van der Waals surface area contributed by atoms with E-state index >= 15 is 0 Å². The molecular weight excluding hydrogens is 392 g/mol. The van der Waals surface area contributed by atoms with Gasteiger partial charge < -0.3 is 19.1 Å². The Hall–Kier alpha value is -2.57. The third-order valence-electron chi connectivity index (χ3n) is 6.29. The van der Waals surface area contributed by atoms with Crippen molar-refractivity contribution >= 4 is 5.91 Å². The van der Waals surface area contributed by atoms with Crippen molar-refractivity contribution in [3.05, 3.63) is 59.7 Å². The van der Waals surface area contributed by atoms with Crippen molar-refractivity contribution in [2.45, 2.75) is 18.9 Å². The number of morpholine rings is 1. The number of carbonyl (C=O) groups is 1. The van der Waals surface area contributed by atoms with Crippen molar-refractivity contribution in [1.82, 2.24) is 9.80 Å². The number of methoxy groups -OCH3 is 2. The van der Waals surface area contributed by atoms with E-state index in [4.69, 9.17) is 14.2 Å². The van der Waals surface area contributed by atoms with Crippen LogP contribution in [0.1, 0.15) is 23.5 Å². The molecular formula is C25H32N2O4. The quantitative estimate of drug-likeness (QED) is 0.713. The smallest absolute Gasteiger partial charge is 0.227 e. The Bertz CT molecular complexity index is 845. The normalized spacial score (nSPS) is 22.2. The molecule has 2 aromatic carbocycles. The average molecular weight is 425 g/mol. The number of likely N-dealkylation sites (tertiary alicyclic amines) is 1. The number of piperidine rings is 1. The van der Waals surface area contributed by atoms with E-state index in [0.717, 1.165) is 43.1 Å². The molecule has 1 amide bonds. The largest absolute Gasteiger partial charge is 0.497 e. The van der Waals surface area contributed by atoms with Gasteiger partial charge in [-0.1, -0.05) is 30.3 Å². The molecule has 2 unspecified atom stereocenters. The first-order valence-corrected chi connectivity index (χ1v) is 11.0. The van der Waals surface area contributed by atoms with Gasteiger partial charge in [-0.15, -0.1) is 0 Å². The molecule has 2 saturated heterocycles. The number of carbonyl (C=O) groups excluding carboxylic acids is 1. The van der Waals surface area contributed by atoms with Gasteiger partial charge in [-0.05, 0) is 35.6 Å². The SMILES string of the molecule is COc1cc(CN2CC(C(=O)N3CCOCC3)CC(c3ccccc3)C2)cc(OC)c1. The van der Waals surface area contributed by atoms with Gasteiger partial charge in [0.15, 0.2) is 0 Å². The van der Waals surface area contributed by atoms with Gasteiger partial charge in [0, 0.05) is 38.8 Å². The minimum atomic E-state index is -0.00967. The van der Waals surface area contributed by atoms with E-state index in [1.54, 1.807) is 14.2 Å². The summed E-state index contributed by atoms with van der Waals surface area (Å²) in [5.41, 5.74) is 2.43. The van der Waals surface area contributed by atoms with Crippen molar-refractivity contribution in [1.29, 1.82) is 0 Å². The number of benzene rings is 2. The third-order valence-corrected chi connectivity index (χ3v) is 6.29. The Labute approximate surface area is 184 Å². The van der Waals surface area contributed by atoms with Gasteiger partial charge >= 0.3 is 0 Å². The Morgan fingerprint density at radius 2 is 1.68 bits per heavy atom. The molecule has 2 fully saturated rings. The van der Waals surface area contributed by atoms with E-state index in [2.05, 4.69) is 29.2 Å². The van der Waals surface area contributed by atoms with Gasteiger partial charge in [-0.3, -0.25) is 9.69 Å². The number of hydrogen-bond donors (Lipinski definition) is 0. The highest BCUT2D eigenvalue weighted by molar-refractivity contribution is 5.79. The number of amides is 1. The fourth-order valence-corrected chi connectivity index (χ4v) is 4.72. The van der Waals surface area contributed by atoms with Crippen molar-refractivity contribution < 1.29 is 19.0 Å². The van der Waals surface area contributed by atoms with Crippen LogP contribution in [-0.4, -0.2) is 69.3 Å². The molecule has 0 spiro atoms. The van der Waals surface area contributed by atoms with E-state index in [-0.39, 0.29) is 11.8 Å². The van der Waals surface area contributed by atoms with Crippen molar-refractivity contribution in [2.75, 3.05) is 53.6 Å². The van der Waals surface area contributed by atoms with Gasteiger partial charge in [0.25, 0.3) is 0 Å². The fraction of sp³-hybridized carbons (Fsp3) is 0.480. The van der Waals surface area contributed by atoms with Crippen LogP contribution in [0.25, 0.3) is 0 Å². The lowest BCUT2D eigenvalue weighted by molar-refractivity contribution is -0.141. The van der Waals surface area contributed by atoms with Crippen LogP contribution in [0.15, 0.2) is 48.5 Å². The number of ether oxygens (including phenoxy) is 3. The van der Waals surface area contributed by atoms with Crippen molar-refractivity contribution in [3.8, 4) is 11.5 Å². The van der Waals surface area contributed by atoms with E-state index in [1.165, 1.54) is 5.56 Å². The van der Waals surface area contributed by atoms with Gasteiger partial charge in [0.2, 0.25) is 5.91 Å². The molecule has 0 bridgehead atoms. The summed E-state index contributed by atoms with van der Waals surface area (Å²) >= 11 is 0. The van der Waals surface area contributed by atoms with Crippen molar-refractivity contribution in [2.24, 2.45) is 5.92 Å². The predicted molar refractivity (Wildman–Crippen MR) is 120 cm³/mol. The van der Waals surface area contributed by atoms with Crippen molar-refractivity contribution in [3.63, 3.8) is 0 Å². The third kappa shape index (κ3) is 5.38. The first kappa shape index (κ1) is 21.7. The molecule has 4 rings (SSSR count). The van der Waals surface area contributed by atoms with Gasteiger partial charge in [-0.25, -0.2) is 0 Å². The van der Waals surface area contributed by atoms with E-state index in [9.17, 15) is 4.79 Å². The topological polar surface area (TPSA) is 51.2 Å². The molecule has 0 aliphatic carbocycles. The van der Waals surface area contributed by atoms with E-state index < -0.39 is 0 Å². The molecule has 6 heteroatoms. The Morgan fingerprint density at radius 1 is 1.00 bits per heavy atom. The molecule has 0 aromatic heterocycles. The lowest BCUT2D eigenvalue weighted by atomic mass is 9.83. The summed E-state index contributed by atoms with van der Waals surface area (Å²) < 4.78 is 16.3. The zero-order valence-electron chi connectivity index (χ0n) is 18.5. The summed E-state index contributed by atoms with van der Waals surface area (Å²) in [6, 6.07) is 16.6. The molecule has 2 atom stereocenters. The van der Waals surface area contributed by atoms with Crippen LogP contribution in [0, 0.1) is 5.92 Å². The lowest BCUT2D eigenvalue weighted by Gasteiger charge is -2.40. The highest BCUT2D eigenvalue weighted by Gasteiger charge is 2.35. The first-order chi connectivity index (χ1) is 15.2. The summed E-state index contributed by atoms with van der Waals surface area (Å²) in [4.78, 5) is 17.7. The number of nitrogens with zero attached hydrogens (tertiary/aromatic N) is 2. The van der Waals surface area contributed by atoms with Crippen LogP contribution in [0.4, 0.5) is 0 Å². The molecule has 0 N–H and O–H groups in total. The van der Waals surface area contributed by atoms with E-state index in [0.29, 0.717) is 32.2 Å². The molecule has 166 valence electrons. The van der Waals surface area contributed by atoms with Crippen LogP contribution in [0.3, 0.4) is 0 Å². The maximum Gasteiger partial charge on any atom is 0.227 e. The Morgan fingerprint density at radius 3 is 2.32 bits per heavy atom. The van der Waals surface area contributed by atoms with Crippen LogP contribution < -0.4 is 9.47 Å². The molecule has 2 aliphatic rings. The van der Waals surface area contributed by atoms with Gasteiger partial charge in [0.1, 0.15) is 11.5 Å². The molecule has 0 radical (unpaired) electrons. The standard InChI is InChI=1S/C25H32N2O4/c1-29-23-12-19(13-24(15-23)30-2)16-26-17-21(20-6-4-3-5-7-20)14-22(18-26)25(28)27-8-10-31-11-9-27/h3-7,12-13,15,21-22H,8-11,14,16-18H2,1-2H3. The second kappa shape index (κ2) is 10.2. The average Bonchev–Trinajstić information content (AvgIpc) is 2.84. The van der Waals surface area contributed by atoms with Gasteiger partial charge in [-0.2, -0.15) is 0 Å². The maximum absolute atomic E-state index is 13.3. The number of rotatable bonds is 6. The van der Waals surface area contributed by atoms with Crippen LogP contribution in [0.2, 0.25) is 0 Å². The highest BCUT2D eigenvalue weighted by atomic mass is 16.5. The maximum atomic E-state index is 13.3. The predicted octanol–water partition coefficient (Wildman–Crippen LogP) is 3.17. The summed E-state index contributed by atoms with van der Waals surface area (Å²) in [5, 5.41) is 0. The summed E-state index contributed by atoms with van der Waals surface area (Å²) in [7, 11) is 3.34. The van der Waals surface area contributed by atoms with E-state index in [1.807, 2.05) is 29.2 Å². The fourth-order valence-electron chi connectivity index (χ4n) is 4.72. The van der Waals surface area contributed by atoms with Crippen LogP contribution in [0.5, 0.6) is 11.5 Å². The molecule has 2 aromatic rings. The first-order valence-electron chi connectivity index (χ1n) is 11.0. The minimum Gasteiger partial charge on any atom is -0.497 e. The van der Waals surface area contributed by atoms with Crippen LogP contribution in [-0.2, 0) is 16.1 Å². The molecule has 0 saturated carbocycles. The molecule has 2 aliphatic heterocycles. The monoisotopic (exact) mass is 424 g/mol. The summed E-state index contributed by atoms with van der Waals surface area (Å²) in [6.07, 6.45) is 0.887. The number of hydrogen-bond acceptors (Lipinski definition) is 5. The second-order valence-corrected chi connectivity index (χ2v) is 8.39. The van der Waals surface area contributed by atoms with Crippen LogP contribution >= 0.6 is 0 Å².